The van der Waals surface area contributed by atoms with Gasteiger partial charge >= 0.3 is 0 Å². The maximum absolute atomic E-state index is 4.56. The first kappa shape index (κ1) is 17.2. The van der Waals surface area contributed by atoms with E-state index in [1.165, 1.54) is 29.5 Å². The van der Waals surface area contributed by atoms with E-state index in [0.29, 0.717) is 6.04 Å². The smallest absolute Gasteiger partial charge is 0.0960 e. The Morgan fingerprint density at radius 2 is 1.68 bits per heavy atom. The molecule has 0 amide bonds. The Bertz CT molecular complexity index is 1040. The van der Waals surface area contributed by atoms with E-state index in [4.69, 9.17) is 0 Å². The third-order valence-corrected chi connectivity index (χ3v) is 5.81. The normalized spacial score (nSPS) is 15.9. The largest absolute Gasteiger partial charge is 0.327 e. The minimum absolute atomic E-state index is 0.555. The molecule has 0 aliphatic carbocycles. The van der Waals surface area contributed by atoms with Crippen LogP contribution in [0.25, 0.3) is 22.2 Å². The first-order chi connectivity index (χ1) is 13.9. The van der Waals surface area contributed by atoms with Gasteiger partial charge < -0.3 is 4.57 Å². The highest BCUT2D eigenvalue weighted by Crippen LogP contribution is 2.27. The van der Waals surface area contributed by atoms with Crippen LogP contribution in [-0.4, -0.2) is 27.5 Å². The molecule has 0 atom stereocenters. The minimum atomic E-state index is 0.555. The summed E-state index contributed by atoms with van der Waals surface area (Å²) in [4.78, 5) is 7.13. The monoisotopic (exact) mass is 366 g/mol. The second-order valence-electron chi connectivity index (χ2n) is 7.62. The standard InChI is InChI=1S/C25H24N3/c1-2-6-21(7-3-1)22-12-10-20(11-13-22)18-27-16-14-23(15-17-27)28-19-26-24-8-4-5-9-25(24)28/h1-6,8-13,19,23H,14-18H2. The molecule has 0 N–H and O–H groups in total. The van der Waals surface area contributed by atoms with Gasteiger partial charge in [0.25, 0.3) is 0 Å². The fourth-order valence-electron chi connectivity index (χ4n) is 4.25. The molecule has 139 valence electrons. The van der Waals surface area contributed by atoms with Crippen molar-refractivity contribution in [1.29, 1.82) is 0 Å². The van der Waals surface area contributed by atoms with Crippen LogP contribution in [0.2, 0.25) is 0 Å². The molecule has 0 unspecified atom stereocenters. The molecule has 0 bridgehead atoms. The summed E-state index contributed by atoms with van der Waals surface area (Å²) in [5, 5.41) is 0. The quantitative estimate of drug-likeness (QED) is 0.486. The predicted molar refractivity (Wildman–Crippen MR) is 114 cm³/mol. The van der Waals surface area contributed by atoms with Crippen molar-refractivity contribution in [2.24, 2.45) is 0 Å². The van der Waals surface area contributed by atoms with Crippen LogP contribution in [0.15, 0.2) is 79.1 Å². The van der Waals surface area contributed by atoms with E-state index in [1.807, 2.05) is 18.5 Å². The molecule has 4 aromatic rings. The fourth-order valence-corrected chi connectivity index (χ4v) is 4.25. The van der Waals surface area contributed by atoms with Crippen molar-refractivity contribution in [2.45, 2.75) is 25.4 Å². The number of imidazole rings is 1. The SMILES string of the molecule is [c]1ccccc1-c1ccc(CN2CCC(n3cnc4ccccc43)CC2)cc1. The highest BCUT2D eigenvalue weighted by Gasteiger charge is 2.21. The molecule has 1 fully saturated rings. The summed E-state index contributed by atoms with van der Waals surface area (Å²) >= 11 is 0. The zero-order chi connectivity index (χ0) is 18.8. The zero-order valence-corrected chi connectivity index (χ0v) is 16.0. The lowest BCUT2D eigenvalue weighted by Gasteiger charge is -2.33. The van der Waals surface area contributed by atoms with Crippen molar-refractivity contribution in [3.63, 3.8) is 0 Å². The van der Waals surface area contributed by atoms with Crippen LogP contribution in [-0.2, 0) is 6.54 Å². The van der Waals surface area contributed by atoms with Crippen molar-refractivity contribution < 1.29 is 0 Å². The van der Waals surface area contributed by atoms with Gasteiger partial charge in [-0.2, -0.15) is 0 Å². The highest BCUT2D eigenvalue weighted by molar-refractivity contribution is 5.75. The number of benzene rings is 3. The predicted octanol–water partition coefficient (Wildman–Crippen LogP) is 5.34. The van der Waals surface area contributed by atoms with Crippen LogP contribution in [0, 0.1) is 6.07 Å². The maximum Gasteiger partial charge on any atom is 0.0960 e. The summed E-state index contributed by atoms with van der Waals surface area (Å²) in [6, 6.07) is 29.4. The zero-order valence-electron chi connectivity index (χ0n) is 16.0. The summed E-state index contributed by atoms with van der Waals surface area (Å²) in [7, 11) is 0. The maximum atomic E-state index is 4.56. The Morgan fingerprint density at radius 3 is 2.46 bits per heavy atom. The Morgan fingerprint density at radius 1 is 0.893 bits per heavy atom. The number of rotatable bonds is 4. The highest BCUT2D eigenvalue weighted by atomic mass is 15.2. The lowest BCUT2D eigenvalue weighted by molar-refractivity contribution is 0.181. The first-order valence-electron chi connectivity index (χ1n) is 10.1. The molecule has 0 spiro atoms. The number of piperidine rings is 1. The van der Waals surface area contributed by atoms with Crippen molar-refractivity contribution in [3.05, 3.63) is 90.8 Å². The lowest BCUT2D eigenvalue weighted by atomic mass is 10.0. The summed E-state index contributed by atoms with van der Waals surface area (Å²) < 4.78 is 2.37. The van der Waals surface area contributed by atoms with E-state index in [9.17, 15) is 0 Å². The summed E-state index contributed by atoms with van der Waals surface area (Å²) in [5.74, 6) is 0. The van der Waals surface area contributed by atoms with Crippen LogP contribution >= 0.6 is 0 Å². The van der Waals surface area contributed by atoms with Gasteiger partial charge in [-0.25, -0.2) is 4.98 Å². The Balaban J connectivity index is 1.22. The third kappa shape index (κ3) is 3.46. The van der Waals surface area contributed by atoms with Crippen molar-refractivity contribution >= 4 is 11.0 Å². The molecular formula is C25H24N3. The van der Waals surface area contributed by atoms with Crippen LogP contribution in [0.3, 0.4) is 0 Å². The fraction of sp³-hybridized carbons (Fsp3) is 0.240. The van der Waals surface area contributed by atoms with Gasteiger partial charge in [0.15, 0.2) is 0 Å². The second-order valence-corrected chi connectivity index (χ2v) is 7.62. The van der Waals surface area contributed by atoms with E-state index in [1.54, 1.807) is 0 Å². The van der Waals surface area contributed by atoms with Gasteiger partial charge in [-0.05, 0) is 47.7 Å². The van der Waals surface area contributed by atoms with Crippen molar-refractivity contribution in [1.82, 2.24) is 14.5 Å². The van der Waals surface area contributed by atoms with E-state index >= 15 is 0 Å². The molecule has 3 nitrogen and oxygen atoms in total. The average molecular weight is 366 g/mol. The molecule has 28 heavy (non-hydrogen) atoms. The van der Waals surface area contributed by atoms with E-state index in [-0.39, 0.29) is 0 Å². The number of hydrogen-bond donors (Lipinski definition) is 0. The van der Waals surface area contributed by atoms with Crippen LogP contribution in [0.5, 0.6) is 0 Å². The lowest BCUT2D eigenvalue weighted by Crippen LogP contribution is -2.34. The Hall–Kier alpha value is -2.91. The van der Waals surface area contributed by atoms with E-state index < -0.39 is 0 Å². The molecule has 5 rings (SSSR count). The number of hydrogen-bond acceptors (Lipinski definition) is 2. The molecule has 3 aromatic carbocycles. The molecule has 1 radical (unpaired) electrons. The van der Waals surface area contributed by atoms with Crippen LogP contribution in [0.1, 0.15) is 24.4 Å². The molecule has 1 aliphatic rings. The summed E-state index contributed by atoms with van der Waals surface area (Å²) in [6.45, 7) is 3.28. The Labute approximate surface area is 166 Å². The minimum Gasteiger partial charge on any atom is -0.327 e. The average Bonchev–Trinajstić information content (AvgIpc) is 3.20. The van der Waals surface area contributed by atoms with Gasteiger partial charge in [0.1, 0.15) is 0 Å². The summed E-state index contributed by atoms with van der Waals surface area (Å²) in [6.07, 6.45) is 4.37. The van der Waals surface area contributed by atoms with E-state index in [2.05, 4.69) is 81.2 Å². The van der Waals surface area contributed by atoms with Gasteiger partial charge in [0.2, 0.25) is 0 Å². The molecule has 2 heterocycles. The van der Waals surface area contributed by atoms with Gasteiger partial charge in [0, 0.05) is 25.7 Å². The molecule has 1 aromatic heterocycles. The van der Waals surface area contributed by atoms with Crippen LogP contribution in [0.4, 0.5) is 0 Å². The second kappa shape index (κ2) is 7.61. The Kier molecular flexibility index (Phi) is 4.67. The molecular weight excluding hydrogens is 342 g/mol. The van der Waals surface area contributed by atoms with E-state index in [0.717, 1.165) is 30.7 Å². The third-order valence-electron chi connectivity index (χ3n) is 5.81. The molecule has 1 aliphatic heterocycles. The topological polar surface area (TPSA) is 21.1 Å². The number of fused-ring (bicyclic) bond motifs is 1. The number of nitrogens with zero attached hydrogens (tertiary/aromatic N) is 3. The van der Waals surface area contributed by atoms with Gasteiger partial charge in [-0.3, -0.25) is 4.90 Å². The number of para-hydroxylation sites is 2. The van der Waals surface area contributed by atoms with Gasteiger partial charge in [-0.15, -0.1) is 0 Å². The molecule has 1 saturated heterocycles. The van der Waals surface area contributed by atoms with Gasteiger partial charge in [0.05, 0.1) is 17.4 Å². The molecule has 0 saturated carbocycles. The summed E-state index contributed by atoms with van der Waals surface area (Å²) in [5.41, 5.74) is 6.12. The first-order valence-corrected chi connectivity index (χ1v) is 10.1. The van der Waals surface area contributed by atoms with Crippen molar-refractivity contribution in [3.8, 4) is 11.1 Å². The van der Waals surface area contributed by atoms with Gasteiger partial charge in [-0.1, -0.05) is 60.7 Å². The molecule has 3 heteroatoms. The van der Waals surface area contributed by atoms with Crippen molar-refractivity contribution in [2.75, 3.05) is 13.1 Å². The number of likely N-dealkylation sites (tertiary alicyclic amines) is 1. The number of aromatic nitrogens is 2. The van der Waals surface area contributed by atoms with Crippen LogP contribution < -0.4 is 0 Å².